The van der Waals surface area contributed by atoms with E-state index in [9.17, 15) is 19.2 Å². The molecule has 1 heterocycles. The number of piperazine rings is 1. The molecule has 7 nitrogen and oxygen atoms in total. The fraction of sp³-hybridized carbons (Fsp3) is 0.500. The number of hydrogen-bond acceptors (Lipinski definition) is 4. The van der Waals surface area contributed by atoms with Gasteiger partial charge in [0.25, 0.3) is 0 Å². The SMILES string of the molecule is CCC1C(=O)NC(=O)CN1C(=O)C(=O)O. The van der Waals surface area contributed by atoms with Crippen molar-refractivity contribution >= 4 is 23.7 Å². The molecule has 0 aliphatic carbocycles. The molecule has 1 aliphatic rings. The zero-order valence-electron chi connectivity index (χ0n) is 8.02. The van der Waals surface area contributed by atoms with E-state index >= 15 is 0 Å². The molecule has 2 N–H and O–H groups in total. The minimum atomic E-state index is -1.67. The molecule has 0 bridgehead atoms. The first-order valence-corrected chi connectivity index (χ1v) is 4.35. The van der Waals surface area contributed by atoms with Crippen molar-refractivity contribution in [3.8, 4) is 0 Å². The van der Waals surface area contributed by atoms with E-state index in [0.717, 1.165) is 4.90 Å². The summed E-state index contributed by atoms with van der Waals surface area (Å²) in [4.78, 5) is 44.6. The number of carboxylic acid groups (broad SMARTS) is 1. The highest BCUT2D eigenvalue weighted by Crippen LogP contribution is 2.09. The van der Waals surface area contributed by atoms with E-state index in [0.29, 0.717) is 0 Å². The van der Waals surface area contributed by atoms with Gasteiger partial charge in [0.2, 0.25) is 11.8 Å². The van der Waals surface area contributed by atoms with Gasteiger partial charge in [-0.25, -0.2) is 4.79 Å². The van der Waals surface area contributed by atoms with E-state index in [4.69, 9.17) is 5.11 Å². The molecule has 1 rings (SSSR count). The number of carbonyl (C=O) groups excluding carboxylic acids is 3. The molecule has 82 valence electrons. The second-order valence-corrected chi connectivity index (χ2v) is 3.07. The summed E-state index contributed by atoms with van der Waals surface area (Å²) in [5.41, 5.74) is 0. The van der Waals surface area contributed by atoms with Crippen LogP contribution in [0.2, 0.25) is 0 Å². The van der Waals surface area contributed by atoms with E-state index < -0.39 is 36.3 Å². The summed E-state index contributed by atoms with van der Waals surface area (Å²) in [6.45, 7) is 1.23. The van der Waals surface area contributed by atoms with Crippen molar-refractivity contribution in [2.75, 3.05) is 6.54 Å². The smallest absolute Gasteiger partial charge is 0.394 e. The molecule has 1 unspecified atom stereocenters. The Labute approximate surface area is 85.0 Å². The second-order valence-electron chi connectivity index (χ2n) is 3.07. The number of imide groups is 1. The maximum absolute atomic E-state index is 11.3. The van der Waals surface area contributed by atoms with E-state index in [2.05, 4.69) is 0 Å². The van der Waals surface area contributed by atoms with Crippen LogP contribution in [0.1, 0.15) is 13.3 Å². The zero-order chi connectivity index (χ0) is 11.6. The summed E-state index contributed by atoms with van der Waals surface area (Å²) in [6, 6.07) is -0.883. The lowest BCUT2D eigenvalue weighted by Gasteiger charge is -2.31. The first-order valence-electron chi connectivity index (χ1n) is 4.35. The van der Waals surface area contributed by atoms with Crippen molar-refractivity contribution in [3.05, 3.63) is 0 Å². The van der Waals surface area contributed by atoms with Crippen molar-refractivity contribution in [3.63, 3.8) is 0 Å². The molecule has 0 saturated carbocycles. The van der Waals surface area contributed by atoms with Gasteiger partial charge in [-0.3, -0.25) is 19.7 Å². The lowest BCUT2D eigenvalue weighted by Crippen LogP contribution is -2.60. The van der Waals surface area contributed by atoms with Gasteiger partial charge in [0.1, 0.15) is 12.6 Å². The molecule has 1 aliphatic heterocycles. The van der Waals surface area contributed by atoms with Crippen molar-refractivity contribution in [1.29, 1.82) is 0 Å². The number of rotatable bonds is 1. The van der Waals surface area contributed by atoms with Gasteiger partial charge < -0.3 is 10.0 Å². The third-order valence-electron chi connectivity index (χ3n) is 2.09. The third-order valence-corrected chi connectivity index (χ3v) is 2.09. The molecular formula is C8H10N2O5. The summed E-state index contributed by atoms with van der Waals surface area (Å²) in [5, 5.41) is 10.5. The molecule has 0 aromatic heterocycles. The number of carbonyl (C=O) groups is 4. The highest BCUT2D eigenvalue weighted by Gasteiger charge is 2.37. The summed E-state index contributed by atoms with van der Waals surface area (Å²) in [7, 11) is 0. The van der Waals surface area contributed by atoms with Gasteiger partial charge in [-0.2, -0.15) is 0 Å². The van der Waals surface area contributed by atoms with Crippen LogP contribution in [0.5, 0.6) is 0 Å². The first kappa shape index (κ1) is 11.2. The molecule has 3 amide bonds. The molecule has 1 atom stereocenters. The van der Waals surface area contributed by atoms with E-state index in [1.807, 2.05) is 5.32 Å². The van der Waals surface area contributed by atoms with E-state index in [1.165, 1.54) is 0 Å². The Morgan fingerprint density at radius 2 is 2.13 bits per heavy atom. The van der Waals surface area contributed by atoms with Crippen LogP contribution in [0.25, 0.3) is 0 Å². The summed E-state index contributed by atoms with van der Waals surface area (Å²) < 4.78 is 0. The first-order chi connectivity index (χ1) is 6.97. The predicted molar refractivity (Wildman–Crippen MR) is 46.6 cm³/mol. The number of nitrogens with zero attached hydrogens (tertiary/aromatic N) is 1. The van der Waals surface area contributed by atoms with Crippen molar-refractivity contribution in [2.24, 2.45) is 0 Å². The lowest BCUT2D eigenvalue weighted by atomic mass is 10.1. The topological polar surface area (TPSA) is 104 Å². The Morgan fingerprint density at radius 1 is 1.53 bits per heavy atom. The summed E-state index contributed by atoms with van der Waals surface area (Å²) in [5.74, 6) is -4.20. The maximum atomic E-state index is 11.3. The molecule has 1 saturated heterocycles. The average Bonchev–Trinajstić information content (AvgIpc) is 2.15. The molecule has 0 aromatic carbocycles. The van der Waals surface area contributed by atoms with Gasteiger partial charge in [0.05, 0.1) is 0 Å². The Kier molecular flexibility index (Phi) is 3.03. The number of carboxylic acids is 1. The Bertz CT molecular complexity index is 338. The van der Waals surface area contributed by atoms with Gasteiger partial charge >= 0.3 is 11.9 Å². The number of nitrogens with one attached hydrogen (secondary N) is 1. The van der Waals surface area contributed by atoms with E-state index in [-0.39, 0.29) is 6.42 Å². The van der Waals surface area contributed by atoms with Crippen LogP contribution in [-0.2, 0) is 19.2 Å². The van der Waals surface area contributed by atoms with Crippen molar-refractivity contribution in [1.82, 2.24) is 10.2 Å². The second kappa shape index (κ2) is 4.07. The number of aliphatic carboxylic acids is 1. The fourth-order valence-electron chi connectivity index (χ4n) is 1.41. The van der Waals surface area contributed by atoms with E-state index in [1.54, 1.807) is 6.92 Å². The minimum Gasteiger partial charge on any atom is -0.474 e. The molecule has 0 spiro atoms. The maximum Gasteiger partial charge on any atom is 0.394 e. The predicted octanol–water partition coefficient (Wildman–Crippen LogP) is -1.67. The normalized spacial score (nSPS) is 21.1. The Balaban J connectivity index is 2.92. The molecule has 0 aromatic rings. The average molecular weight is 214 g/mol. The van der Waals surface area contributed by atoms with Crippen LogP contribution in [0.15, 0.2) is 0 Å². The van der Waals surface area contributed by atoms with Crippen LogP contribution in [0, 0.1) is 0 Å². The molecule has 0 radical (unpaired) electrons. The van der Waals surface area contributed by atoms with Crippen LogP contribution in [0.4, 0.5) is 0 Å². The van der Waals surface area contributed by atoms with Crippen LogP contribution >= 0.6 is 0 Å². The minimum absolute atomic E-state index is 0.262. The Hall–Kier alpha value is -1.92. The summed E-state index contributed by atoms with van der Waals surface area (Å²) in [6.07, 6.45) is 0.262. The van der Waals surface area contributed by atoms with Gasteiger partial charge in [0, 0.05) is 0 Å². The van der Waals surface area contributed by atoms with Crippen molar-refractivity contribution in [2.45, 2.75) is 19.4 Å². The van der Waals surface area contributed by atoms with Crippen LogP contribution < -0.4 is 5.32 Å². The lowest BCUT2D eigenvalue weighted by molar-refractivity contribution is -0.161. The fourth-order valence-corrected chi connectivity index (χ4v) is 1.41. The van der Waals surface area contributed by atoms with Gasteiger partial charge in [0.15, 0.2) is 0 Å². The molecule has 1 fully saturated rings. The van der Waals surface area contributed by atoms with Gasteiger partial charge in [-0.1, -0.05) is 6.92 Å². The standard InChI is InChI=1S/C8H10N2O5/c1-2-4-6(12)9-5(11)3-10(4)7(13)8(14)15/h4H,2-3H2,1H3,(H,14,15)(H,9,11,12). The number of amides is 3. The summed E-state index contributed by atoms with van der Waals surface area (Å²) >= 11 is 0. The molecule has 7 heteroatoms. The van der Waals surface area contributed by atoms with Crippen LogP contribution in [0.3, 0.4) is 0 Å². The highest BCUT2D eigenvalue weighted by atomic mass is 16.4. The van der Waals surface area contributed by atoms with Gasteiger partial charge in [-0.05, 0) is 6.42 Å². The largest absolute Gasteiger partial charge is 0.474 e. The molecule has 15 heavy (non-hydrogen) atoms. The van der Waals surface area contributed by atoms with Crippen LogP contribution in [-0.4, -0.2) is 46.3 Å². The quantitative estimate of drug-likeness (QED) is 0.401. The molecular weight excluding hydrogens is 204 g/mol. The van der Waals surface area contributed by atoms with Crippen molar-refractivity contribution < 1.29 is 24.3 Å². The number of hydrogen-bond donors (Lipinski definition) is 2. The zero-order valence-corrected chi connectivity index (χ0v) is 8.02. The van der Waals surface area contributed by atoms with Gasteiger partial charge in [-0.15, -0.1) is 0 Å². The highest BCUT2D eigenvalue weighted by molar-refractivity contribution is 6.32. The third kappa shape index (κ3) is 2.12. The Morgan fingerprint density at radius 3 is 2.60 bits per heavy atom. The monoisotopic (exact) mass is 214 g/mol.